The normalized spacial score (nSPS) is 10.6. The van der Waals surface area contributed by atoms with Gasteiger partial charge in [-0.15, -0.1) is 0 Å². The van der Waals surface area contributed by atoms with Crippen LogP contribution in [0, 0.1) is 11.3 Å². The van der Waals surface area contributed by atoms with Crippen LogP contribution < -0.4 is 10.6 Å². The lowest BCUT2D eigenvalue weighted by molar-refractivity contribution is 0.0530. The Kier molecular flexibility index (Phi) is 5.53. The van der Waals surface area contributed by atoms with E-state index in [0.717, 1.165) is 0 Å². The molecule has 0 bridgehead atoms. The van der Waals surface area contributed by atoms with Gasteiger partial charge in [0.25, 0.3) is 0 Å². The van der Waals surface area contributed by atoms with Gasteiger partial charge in [0.05, 0.1) is 6.20 Å². The molecule has 0 aliphatic heterocycles. The second kappa shape index (κ2) is 6.91. The van der Waals surface area contributed by atoms with E-state index in [1.807, 2.05) is 6.07 Å². The third-order valence-electron chi connectivity index (χ3n) is 1.94. The van der Waals surface area contributed by atoms with E-state index in [0.29, 0.717) is 18.9 Å². The highest BCUT2D eigenvalue weighted by Gasteiger charge is 2.15. The summed E-state index contributed by atoms with van der Waals surface area (Å²) in [5, 5.41) is 14.2. The number of hydrogen-bond donors (Lipinski definition) is 2. The standard InChI is InChI=1S/C12H16ClN5O2/c1-12(2,3)20-11(19)16-5-4-15-9-7-17-8(6-14)10(13)18-9/h7H,4-5H2,1-3H3,(H,15,18)(H,16,19). The molecular formula is C12H16ClN5O2. The number of nitrogens with zero attached hydrogens (tertiary/aromatic N) is 3. The molecule has 0 saturated carbocycles. The summed E-state index contributed by atoms with van der Waals surface area (Å²) in [5.74, 6) is 0.431. The van der Waals surface area contributed by atoms with Gasteiger partial charge >= 0.3 is 6.09 Å². The van der Waals surface area contributed by atoms with Crippen molar-refractivity contribution in [2.24, 2.45) is 0 Å². The first-order valence-corrected chi connectivity index (χ1v) is 6.33. The molecule has 0 aliphatic rings. The SMILES string of the molecule is CC(C)(C)OC(=O)NCCNc1cnc(C#N)c(Cl)n1. The van der Waals surface area contributed by atoms with Crippen LogP contribution in [0.4, 0.5) is 10.6 Å². The third kappa shape index (κ3) is 5.71. The zero-order valence-corrected chi connectivity index (χ0v) is 12.3. The molecule has 8 heteroatoms. The molecule has 1 aromatic rings. The highest BCUT2D eigenvalue weighted by atomic mass is 35.5. The molecule has 1 heterocycles. The van der Waals surface area contributed by atoms with Gasteiger partial charge in [0.1, 0.15) is 17.5 Å². The van der Waals surface area contributed by atoms with Gasteiger partial charge in [-0.1, -0.05) is 11.6 Å². The second-order valence-corrected chi connectivity index (χ2v) is 5.22. The maximum atomic E-state index is 11.4. The molecule has 1 aromatic heterocycles. The number of halogens is 1. The van der Waals surface area contributed by atoms with Crippen molar-refractivity contribution >= 4 is 23.5 Å². The summed E-state index contributed by atoms with van der Waals surface area (Å²) < 4.78 is 5.08. The summed E-state index contributed by atoms with van der Waals surface area (Å²) in [5.41, 5.74) is -0.451. The summed E-state index contributed by atoms with van der Waals surface area (Å²) in [4.78, 5) is 19.1. The molecule has 0 unspecified atom stereocenters. The predicted molar refractivity (Wildman–Crippen MR) is 74.5 cm³/mol. The Morgan fingerprint density at radius 2 is 2.20 bits per heavy atom. The molecule has 1 amide bonds. The van der Waals surface area contributed by atoms with Crippen LogP contribution in [-0.2, 0) is 4.74 Å². The lowest BCUT2D eigenvalue weighted by Crippen LogP contribution is -2.35. The van der Waals surface area contributed by atoms with Gasteiger partial charge in [0.2, 0.25) is 0 Å². The Bertz CT molecular complexity index is 522. The Balaban J connectivity index is 2.33. The lowest BCUT2D eigenvalue weighted by atomic mass is 10.2. The number of ether oxygens (including phenoxy) is 1. The first-order valence-electron chi connectivity index (χ1n) is 5.95. The zero-order chi connectivity index (χ0) is 15.2. The Morgan fingerprint density at radius 3 is 2.75 bits per heavy atom. The summed E-state index contributed by atoms with van der Waals surface area (Å²) in [6.07, 6.45) is 0.918. The highest BCUT2D eigenvalue weighted by Crippen LogP contribution is 2.11. The van der Waals surface area contributed by atoms with Crippen LogP contribution in [0.15, 0.2) is 6.20 Å². The molecule has 0 aliphatic carbocycles. The fourth-order valence-electron chi connectivity index (χ4n) is 1.20. The van der Waals surface area contributed by atoms with E-state index < -0.39 is 11.7 Å². The molecule has 0 radical (unpaired) electrons. The quantitative estimate of drug-likeness (QED) is 0.824. The average molecular weight is 298 g/mol. The predicted octanol–water partition coefficient (Wildman–Crippen LogP) is 1.94. The van der Waals surface area contributed by atoms with Gasteiger partial charge < -0.3 is 15.4 Å². The number of nitriles is 1. The molecule has 20 heavy (non-hydrogen) atoms. The lowest BCUT2D eigenvalue weighted by Gasteiger charge is -2.19. The number of aromatic nitrogens is 2. The van der Waals surface area contributed by atoms with E-state index >= 15 is 0 Å². The van der Waals surface area contributed by atoms with Crippen LogP contribution in [0.5, 0.6) is 0 Å². The molecule has 2 N–H and O–H groups in total. The van der Waals surface area contributed by atoms with Crippen molar-refractivity contribution in [3.05, 3.63) is 17.0 Å². The van der Waals surface area contributed by atoms with Crippen LogP contribution in [0.1, 0.15) is 26.5 Å². The molecule has 108 valence electrons. The fourth-order valence-corrected chi connectivity index (χ4v) is 1.38. The van der Waals surface area contributed by atoms with Crippen molar-refractivity contribution in [1.29, 1.82) is 5.26 Å². The first-order chi connectivity index (χ1) is 9.31. The number of carbonyl (C=O) groups excluding carboxylic acids is 1. The van der Waals surface area contributed by atoms with Gasteiger partial charge in [-0.05, 0) is 20.8 Å². The number of carbonyl (C=O) groups is 1. The number of nitrogens with one attached hydrogen (secondary N) is 2. The molecule has 0 fully saturated rings. The molecule has 0 saturated heterocycles. The van der Waals surface area contributed by atoms with Crippen LogP contribution in [-0.4, -0.2) is 34.8 Å². The zero-order valence-electron chi connectivity index (χ0n) is 11.5. The molecule has 0 aromatic carbocycles. The van der Waals surface area contributed by atoms with Crippen molar-refractivity contribution in [1.82, 2.24) is 15.3 Å². The van der Waals surface area contributed by atoms with E-state index in [4.69, 9.17) is 21.6 Å². The van der Waals surface area contributed by atoms with Crippen molar-refractivity contribution < 1.29 is 9.53 Å². The van der Waals surface area contributed by atoms with Gasteiger partial charge in [0.15, 0.2) is 10.8 Å². The third-order valence-corrected chi connectivity index (χ3v) is 2.20. The van der Waals surface area contributed by atoms with Gasteiger partial charge in [-0.3, -0.25) is 0 Å². The van der Waals surface area contributed by atoms with E-state index in [9.17, 15) is 4.79 Å². The summed E-state index contributed by atoms with van der Waals surface area (Å²) >= 11 is 5.74. The number of amides is 1. The van der Waals surface area contributed by atoms with Crippen LogP contribution >= 0.6 is 11.6 Å². The number of alkyl carbamates (subject to hydrolysis) is 1. The molecule has 1 rings (SSSR count). The minimum atomic E-state index is -0.524. The van der Waals surface area contributed by atoms with Gasteiger partial charge in [-0.25, -0.2) is 14.8 Å². The molecule has 0 spiro atoms. The van der Waals surface area contributed by atoms with E-state index in [1.165, 1.54) is 6.20 Å². The highest BCUT2D eigenvalue weighted by molar-refractivity contribution is 6.30. The number of rotatable bonds is 4. The summed E-state index contributed by atoms with van der Waals surface area (Å²) in [6.45, 7) is 6.15. The summed E-state index contributed by atoms with van der Waals surface area (Å²) in [7, 11) is 0. The summed E-state index contributed by atoms with van der Waals surface area (Å²) in [6, 6.07) is 1.82. The van der Waals surface area contributed by atoms with E-state index in [1.54, 1.807) is 20.8 Å². The Hall–Kier alpha value is -2.07. The number of anilines is 1. The van der Waals surface area contributed by atoms with Gasteiger partial charge in [-0.2, -0.15) is 5.26 Å². The van der Waals surface area contributed by atoms with Crippen LogP contribution in [0.2, 0.25) is 5.15 Å². The fraction of sp³-hybridized carbons (Fsp3) is 0.500. The van der Waals surface area contributed by atoms with Gasteiger partial charge in [0, 0.05) is 13.1 Å². The largest absolute Gasteiger partial charge is 0.444 e. The maximum absolute atomic E-state index is 11.4. The van der Waals surface area contributed by atoms with Crippen LogP contribution in [0.3, 0.4) is 0 Å². The minimum Gasteiger partial charge on any atom is -0.444 e. The average Bonchev–Trinajstić information content (AvgIpc) is 2.33. The maximum Gasteiger partial charge on any atom is 0.407 e. The molecule has 7 nitrogen and oxygen atoms in total. The first kappa shape index (κ1) is 16.0. The van der Waals surface area contributed by atoms with E-state index in [-0.39, 0.29) is 10.8 Å². The van der Waals surface area contributed by atoms with Crippen molar-refractivity contribution in [2.75, 3.05) is 18.4 Å². The second-order valence-electron chi connectivity index (χ2n) is 4.86. The minimum absolute atomic E-state index is 0.0394. The molecular weight excluding hydrogens is 282 g/mol. The smallest absolute Gasteiger partial charge is 0.407 e. The van der Waals surface area contributed by atoms with Crippen molar-refractivity contribution in [3.8, 4) is 6.07 Å². The Labute approximate surface area is 122 Å². The number of hydrogen-bond acceptors (Lipinski definition) is 6. The molecule has 0 atom stereocenters. The van der Waals surface area contributed by atoms with Crippen molar-refractivity contribution in [3.63, 3.8) is 0 Å². The Morgan fingerprint density at radius 1 is 1.50 bits per heavy atom. The topological polar surface area (TPSA) is 99.9 Å². The van der Waals surface area contributed by atoms with E-state index in [2.05, 4.69) is 20.6 Å². The van der Waals surface area contributed by atoms with Crippen LogP contribution in [0.25, 0.3) is 0 Å². The monoisotopic (exact) mass is 297 g/mol. The van der Waals surface area contributed by atoms with Crippen molar-refractivity contribution in [2.45, 2.75) is 26.4 Å².